The van der Waals surface area contributed by atoms with E-state index in [9.17, 15) is 14.7 Å². The summed E-state index contributed by atoms with van der Waals surface area (Å²) in [5.74, 6) is -1.40. The van der Waals surface area contributed by atoms with E-state index in [4.69, 9.17) is 9.84 Å². The zero-order valence-electron chi connectivity index (χ0n) is 13.0. The van der Waals surface area contributed by atoms with Crippen molar-refractivity contribution in [1.82, 2.24) is 5.32 Å². The van der Waals surface area contributed by atoms with E-state index < -0.39 is 24.2 Å². The second-order valence-corrected chi connectivity index (χ2v) is 5.29. The summed E-state index contributed by atoms with van der Waals surface area (Å²) in [5.41, 5.74) is 1.61. The van der Waals surface area contributed by atoms with Gasteiger partial charge >= 0.3 is 12.1 Å². The van der Waals surface area contributed by atoms with E-state index in [0.717, 1.165) is 11.1 Å². The molecule has 2 aromatic carbocycles. The van der Waals surface area contributed by atoms with E-state index in [1.54, 1.807) is 36.4 Å². The third kappa shape index (κ3) is 5.40. The van der Waals surface area contributed by atoms with Crippen LogP contribution in [-0.2, 0) is 22.6 Å². The van der Waals surface area contributed by atoms with Gasteiger partial charge in [-0.05, 0) is 17.5 Å². The van der Waals surface area contributed by atoms with Crippen LogP contribution in [-0.4, -0.2) is 34.4 Å². The van der Waals surface area contributed by atoms with Gasteiger partial charge < -0.3 is 20.3 Å². The van der Waals surface area contributed by atoms with Gasteiger partial charge in [-0.2, -0.15) is 0 Å². The molecule has 3 N–H and O–H groups in total. The summed E-state index contributed by atoms with van der Waals surface area (Å²) >= 11 is 0. The number of hydrogen-bond acceptors (Lipinski definition) is 4. The number of carbonyl (C=O) groups is 2. The minimum atomic E-state index is -1.73. The number of alkyl carbamates (subject to hydrolysis) is 1. The number of carboxylic acid groups (broad SMARTS) is 1. The average molecular weight is 329 g/mol. The van der Waals surface area contributed by atoms with Gasteiger partial charge in [-0.25, -0.2) is 9.59 Å². The Hall–Kier alpha value is -2.86. The molecule has 0 saturated carbocycles. The van der Waals surface area contributed by atoms with Crippen molar-refractivity contribution in [1.29, 1.82) is 0 Å². The normalized spacial score (nSPS) is 12.9. The summed E-state index contributed by atoms with van der Waals surface area (Å²) in [4.78, 5) is 23.0. The van der Waals surface area contributed by atoms with Gasteiger partial charge in [-0.3, -0.25) is 0 Å². The van der Waals surface area contributed by atoms with Gasteiger partial charge in [0.1, 0.15) is 6.61 Å². The number of hydrogen-bond donors (Lipinski definition) is 3. The Morgan fingerprint density at radius 3 is 2.04 bits per heavy atom. The van der Waals surface area contributed by atoms with Gasteiger partial charge in [-0.15, -0.1) is 0 Å². The first-order chi connectivity index (χ1) is 11.6. The Bertz CT molecular complexity index is 660. The number of ether oxygens (including phenoxy) is 1. The first-order valence-electron chi connectivity index (χ1n) is 7.48. The first kappa shape index (κ1) is 17.5. The molecule has 2 aromatic rings. The van der Waals surface area contributed by atoms with E-state index in [2.05, 4.69) is 5.32 Å². The number of nitrogens with one attached hydrogen (secondary N) is 1. The van der Waals surface area contributed by atoms with Gasteiger partial charge in [0.2, 0.25) is 0 Å². The Morgan fingerprint density at radius 2 is 1.50 bits per heavy atom. The highest BCUT2D eigenvalue weighted by Crippen LogP contribution is 2.08. The second kappa shape index (κ2) is 8.69. The lowest BCUT2D eigenvalue weighted by Crippen LogP contribution is -2.48. The molecule has 0 aliphatic rings. The molecular formula is C18H19NO5. The fourth-order valence-corrected chi connectivity index (χ4v) is 2.20. The maximum atomic E-state index is 11.9. The molecule has 2 atom stereocenters. The van der Waals surface area contributed by atoms with E-state index in [-0.39, 0.29) is 13.0 Å². The van der Waals surface area contributed by atoms with Crippen LogP contribution < -0.4 is 5.32 Å². The van der Waals surface area contributed by atoms with Gasteiger partial charge in [0.15, 0.2) is 6.10 Å². The van der Waals surface area contributed by atoms with Gasteiger partial charge in [0.05, 0.1) is 6.04 Å². The number of aliphatic hydroxyl groups is 1. The molecular weight excluding hydrogens is 310 g/mol. The molecule has 0 aromatic heterocycles. The summed E-state index contributed by atoms with van der Waals surface area (Å²) < 4.78 is 5.07. The zero-order valence-corrected chi connectivity index (χ0v) is 13.0. The Morgan fingerprint density at radius 1 is 0.958 bits per heavy atom. The minimum Gasteiger partial charge on any atom is -0.479 e. The highest BCUT2D eigenvalue weighted by Gasteiger charge is 2.28. The van der Waals surface area contributed by atoms with Crippen molar-refractivity contribution in [3.05, 3.63) is 71.8 Å². The van der Waals surface area contributed by atoms with Crippen molar-refractivity contribution >= 4 is 12.1 Å². The van der Waals surface area contributed by atoms with Crippen LogP contribution in [0.3, 0.4) is 0 Å². The van der Waals surface area contributed by atoms with Crippen LogP contribution in [0, 0.1) is 0 Å². The quantitative estimate of drug-likeness (QED) is 0.722. The van der Waals surface area contributed by atoms with Crippen molar-refractivity contribution in [2.75, 3.05) is 0 Å². The number of carboxylic acids is 1. The third-order valence-electron chi connectivity index (χ3n) is 3.45. The Kier molecular flexibility index (Phi) is 6.33. The van der Waals surface area contributed by atoms with E-state index in [1.165, 1.54) is 0 Å². The molecule has 0 spiro atoms. The largest absolute Gasteiger partial charge is 0.479 e. The number of aliphatic hydroxyl groups excluding tert-OH is 1. The lowest BCUT2D eigenvalue weighted by molar-refractivity contribution is -0.148. The molecule has 0 saturated heterocycles. The van der Waals surface area contributed by atoms with Crippen molar-refractivity contribution in [3.8, 4) is 0 Å². The lowest BCUT2D eigenvalue weighted by atomic mass is 10.0. The van der Waals surface area contributed by atoms with Crippen LogP contribution in [0.5, 0.6) is 0 Å². The van der Waals surface area contributed by atoms with Crippen molar-refractivity contribution in [2.24, 2.45) is 0 Å². The molecule has 6 heteroatoms. The summed E-state index contributed by atoms with van der Waals surface area (Å²) in [6, 6.07) is 17.1. The van der Waals surface area contributed by atoms with E-state index in [0.29, 0.717) is 0 Å². The highest BCUT2D eigenvalue weighted by molar-refractivity contribution is 5.75. The van der Waals surface area contributed by atoms with Gasteiger partial charge in [-0.1, -0.05) is 60.7 Å². The monoisotopic (exact) mass is 329 g/mol. The molecule has 2 rings (SSSR count). The van der Waals surface area contributed by atoms with Crippen molar-refractivity contribution in [3.63, 3.8) is 0 Å². The predicted octanol–water partition coefficient (Wildman–Crippen LogP) is 1.97. The number of benzene rings is 2. The highest BCUT2D eigenvalue weighted by atomic mass is 16.5. The molecule has 0 radical (unpaired) electrons. The molecule has 24 heavy (non-hydrogen) atoms. The Balaban J connectivity index is 1.96. The van der Waals surface area contributed by atoms with Crippen LogP contribution in [0.15, 0.2) is 60.7 Å². The van der Waals surface area contributed by atoms with E-state index in [1.807, 2.05) is 24.3 Å². The van der Waals surface area contributed by atoms with Gasteiger partial charge in [0, 0.05) is 0 Å². The van der Waals surface area contributed by atoms with Crippen LogP contribution in [0.4, 0.5) is 4.79 Å². The Labute approximate surface area is 139 Å². The topological polar surface area (TPSA) is 95.9 Å². The molecule has 126 valence electrons. The number of aliphatic carboxylic acids is 1. The molecule has 0 bridgehead atoms. The summed E-state index contributed by atoms with van der Waals surface area (Å²) in [6.45, 7) is 0.0634. The predicted molar refractivity (Wildman–Crippen MR) is 87.3 cm³/mol. The molecule has 0 fully saturated rings. The van der Waals surface area contributed by atoms with Crippen LogP contribution >= 0.6 is 0 Å². The third-order valence-corrected chi connectivity index (χ3v) is 3.45. The molecule has 0 unspecified atom stereocenters. The lowest BCUT2D eigenvalue weighted by Gasteiger charge is -2.21. The first-order valence-corrected chi connectivity index (χ1v) is 7.48. The molecule has 1 amide bonds. The average Bonchev–Trinajstić information content (AvgIpc) is 2.60. The second-order valence-electron chi connectivity index (χ2n) is 5.29. The zero-order chi connectivity index (χ0) is 17.4. The molecule has 0 aliphatic heterocycles. The number of carbonyl (C=O) groups excluding carboxylic acids is 1. The summed E-state index contributed by atoms with van der Waals surface area (Å²) in [5, 5.41) is 21.2. The van der Waals surface area contributed by atoms with Crippen molar-refractivity contribution in [2.45, 2.75) is 25.2 Å². The van der Waals surface area contributed by atoms with Gasteiger partial charge in [0.25, 0.3) is 0 Å². The maximum absolute atomic E-state index is 11.9. The van der Waals surface area contributed by atoms with Crippen molar-refractivity contribution < 1.29 is 24.5 Å². The maximum Gasteiger partial charge on any atom is 0.407 e. The SMILES string of the molecule is O=C(N[C@H](Cc1ccccc1)[C@@H](O)C(=O)O)OCc1ccccc1. The number of amides is 1. The fraction of sp³-hybridized carbons (Fsp3) is 0.222. The molecule has 6 nitrogen and oxygen atoms in total. The fourth-order valence-electron chi connectivity index (χ4n) is 2.20. The molecule has 0 heterocycles. The van der Waals surface area contributed by atoms with Crippen LogP contribution in [0.25, 0.3) is 0 Å². The van der Waals surface area contributed by atoms with E-state index >= 15 is 0 Å². The minimum absolute atomic E-state index is 0.0634. The summed E-state index contributed by atoms with van der Waals surface area (Å²) in [7, 11) is 0. The molecule has 0 aliphatic carbocycles. The van der Waals surface area contributed by atoms with Crippen LogP contribution in [0.2, 0.25) is 0 Å². The number of rotatable bonds is 7. The summed E-state index contributed by atoms with van der Waals surface area (Å²) in [6.07, 6.45) is -2.33. The standard InChI is InChI=1S/C18H19NO5/c20-16(17(21)22)15(11-13-7-3-1-4-8-13)19-18(23)24-12-14-9-5-2-6-10-14/h1-10,15-16,20H,11-12H2,(H,19,23)(H,21,22)/t15-,16-/m1/s1. The van der Waals surface area contributed by atoms with Crippen LogP contribution in [0.1, 0.15) is 11.1 Å². The smallest absolute Gasteiger partial charge is 0.407 e.